The molecule has 0 bridgehead atoms. The number of carbonyl (C=O) groups excluding carboxylic acids is 1. The SMILES string of the molecule is O=C(Cc1ccc2[nH]ccc2c1)Nn1cnnc1. The molecule has 3 aromatic rings. The van der Waals surface area contributed by atoms with Crippen molar-refractivity contribution in [1.82, 2.24) is 19.9 Å². The molecule has 0 unspecified atom stereocenters. The fourth-order valence-corrected chi connectivity index (χ4v) is 1.84. The zero-order valence-corrected chi connectivity index (χ0v) is 9.50. The number of aromatic amines is 1. The van der Waals surface area contributed by atoms with Crippen LogP contribution in [-0.2, 0) is 11.2 Å². The van der Waals surface area contributed by atoms with E-state index in [2.05, 4.69) is 20.6 Å². The first kappa shape index (κ1) is 10.5. The van der Waals surface area contributed by atoms with Gasteiger partial charge in [0.05, 0.1) is 6.42 Å². The van der Waals surface area contributed by atoms with Crippen LogP contribution in [0.15, 0.2) is 43.1 Å². The second-order valence-electron chi connectivity index (χ2n) is 3.98. The Morgan fingerprint density at radius 2 is 2.11 bits per heavy atom. The molecule has 1 amide bonds. The quantitative estimate of drug-likeness (QED) is 0.720. The Morgan fingerprint density at radius 3 is 2.94 bits per heavy atom. The fourth-order valence-electron chi connectivity index (χ4n) is 1.84. The van der Waals surface area contributed by atoms with Crippen LogP contribution in [0.2, 0.25) is 0 Å². The van der Waals surface area contributed by atoms with Crippen LogP contribution < -0.4 is 5.43 Å². The highest BCUT2D eigenvalue weighted by Gasteiger charge is 2.05. The predicted octanol–water partition coefficient (Wildman–Crippen LogP) is 1.07. The lowest BCUT2D eigenvalue weighted by atomic mass is 10.1. The maximum absolute atomic E-state index is 11.8. The van der Waals surface area contributed by atoms with E-state index in [-0.39, 0.29) is 5.91 Å². The number of hydrogen-bond acceptors (Lipinski definition) is 3. The van der Waals surface area contributed by atoms with E-state index in [1.165, 1.54) is 17.3 Å². The van der Waals surface area contributed by atoms with E-state index in [1.807, 2.05) is 30.5 Å². The molecular weight excluding hydrogens is 230 g/mol. The van der Waals surface area contributed by atoms with E-state index in [1.54, 1.807) is 0 Å². The van der Waals surface area contributed by atoms with Gasteiger partial charge in [-0.25, -0.2) is 4.68 Å². The number of fused-ring (bicyclic) bond motifs is 1. The van der Waals surface area contributed by atoms with Gasteiger partial charge >= 0.3 is 0 Å². The topological polar surface area (TPSA) is 75.6 Å². The van der Waals surface area contributed by atoms with E-state index in [0.717, 1.165) is 16.5 Å². The molecule has 0 saturated carbocycles. The van der Waals surface area contributed by atoms with E-state index in [4.69, 9.17) is 0 Å². The Labute approximate surface area is 103 Å². The number of amides is 1. The number of aromatic nitrogens is 4. The minimum atomic E-state index is -0.107. The smallest absolute Gasteiger partial charge is 0.243 e. The summed E-state index contributed by atoms with van der Waals surface area (Å²) in [7, 11) is 0. The van der Waals surface area contributed by atoms with Crippen LogP contribution in [0.3, 0.4) is 0 Å². The Bertz CT molecular complexity index is 671. The van der Waals surface area contributed by atoms with Gasteiger partial charge in [-0.3, -0.25) is 10.2 Å². The average Bonchev–Trinajstić information content (AvgIpc) is 2.98. The fraction of sp³-hybridized carbons (Fsp3) is 0.0833. The van der Waals surface area contributed by atoms with Crippen LogP contribution in [0, 0.1) is 0 Å². The number of benzene rings is 1. The standard InChI is InChI=1S/C12H11N5O/c18-12(16-17-7-14-15-8-17)6-9-1-2-11-10(5-9)3-4-13-11/h1-5,7-8,13H,6H2,(H,16,18). The Balaban J connectivity index is 1.73. The molecular formula is C12H11N5O. The van der Waals surface area contributed by atoms with Gasteiger partial charge in [0.2, 0.25) is 5.91 Å². The third kappa shape index (κ3) is 2.08. The van der Waals surface area contributed by atoms with Crippen molar-refractivity contribution < 1.29 is 4.79 Å². The van der Waals surface area contributed by atoms with Crippen molar-refractivity contribution in [2.45, 2.75) is 6.42 Å². The van der Waals surface area contributed by atoms with Crippen LogP contribution in [-0.4, -0.2) is 25.8 Å². The highest BCUT2D eigenvalue weighted by atomic mass is 16.2. The Kier molecular flexibility index (Phi) is 2.53. The lowest BCUT2D eigenvalue weighted by Gasteiger charge is -2.04. The second-order valence-corrected chi connectivity index (χ2v) is 3.98. The maximum atomic E-state index is 11.8. The molecule has 18 heavy (non-hydrogen) atoms. The number of H-pyrrole nitrogens is 1. The molecule has 2 aromatic heterocycles. The highest BCUT2D eigenvalue weighted by Crippen LogP contribution is 2.14. The summed E-state index contributed by atoms with van der Waals surface area (Å²) in [5.41, 5.74) is 4.69. The number of rotatable bonds is 3. The van der Waals surface area contributed by atoms with E-state index < -0.39 is 0 Å². The molecule has 0 fully saturated rings. The van der Waals surface area contributed by atoms with Gasteiger partial charge in [0.1, 0.15) is 12.7 Å². The summed E-state index contributed by atoms with van der Waals surface area (Å²) in [4.78, 5) is 14.9. The molecule has 6 nitrogen and oxygen atoms in total. The molecule has 0 spiro atoms. The van der Waals surface area contributed by atoms with E-state index in [9.17, 15) is 4.79 Å². The predicted molar refractivity (Wildman–Crippen MR) is 66.4 cm³/mol. The molecule has 90 valence electrons. The summed E-state index contributed by atoms with van der Waals surface area (Å²) in [6.45, 7) is 0. The lowest BCUT2D eigenvalue weighted by Crippen LogP contribution is -2.23. The van der Waals surface area contributed by atoms with Crippen molar-refractivity contribution in [2.24, 2.45) is 0 Å². The molecule has 0 radical (unpaired) electrons. The lowest BCUT2D eigenvalue weighted by molar-refractivity contribution is -0.116. The number of hydrogen-bond donors (Lipinski definition) is 2. The van der Waals surface area contributed by atoms with E-state index in [0.29, 0.717) is 6.42 Å². The van der Waals surface area contributed by atoms with Gasteiger partial charge in [0, 0.05) is 11.7 Å². The summed E-state index contributed by atoms with van der Waals surface area (Å²) in [6, 6.07) is 7.88. The zero-order valence-electron chi connectivity index (χ0n) is 9.50. The van der Waals surface area contributed by atoms with Gasteiger partial charge in [-0.2, -0.15) is 0 Å². The van der Waals surface area contributed by atoms with Gasteiger partial charge in [-0.1, -0.05) is 6.07 Å². The summed E-state index contributed by atoms with van der Waals surface area (Å²) < 4.78 is 1.43. The number of carbonyl (C=O) groups is 1. The third-order valence-electron chi connectivity index (χ3n) is 2.65. The minimum Gasteiger partial charge on any atom is -0.361 e. The summed E-state index contributed by atoms with van der Waals surface area (Å²) in [5.74, 6) is -0.107. The van der Waals surface area contributed by atoms with E-state index >= 15 is 0 Å². The zero-order chi connectivity index (χ0) is 12.4. The summed E-state index contributed by atoms with van der Waals surface area (Å²) in [6.07, 6.45) is 5.07. The van der Waals surface area contributed by atoms with Crippen LogP contribution in [0.25, 0.3) is 10.9 Å². The van der Waals surface area contributed by atoms with Gasteiger partial charge < -0.3 is 4.98 Å². The van der Waals surface area contributed by atoms with Crippen LogP contribution in [0.4, 0.5) is 0 Å². The van der Waals surface area contributed by atoms with Crippen molar-refractivity contribution in [2.75, 3.05) is 5.43 Å². The second kappa shape index (κ2) is 4.33. The van der Waals surface area contributed by atoms with Crippen LogP contribution in [0.1, 0.15) is 5.56 Å². The molecule has 0 aliphatic carbocycles. The van der Waals surface area contributed by atoms with Crippen molar-refractivity contribution in [1.29, 1.82) is 0 Å². The largest absolute Gasteiger partial charge is 0.361 e. The number of nitrogens with zero attached hydrogens (tertiary/aromatic N) is 3. The molecule has 0 aliphatic heterocycles. The van der Waals surface area contributed by atoms with Crippen molar-refractivity contribution in [3.05, 3.63) is 48.7 Å². The first-order valence-corrected chi connectivity index (χ1v) is 5.52. The van der Waals surface area contributed by atoms with Gasteiger partial charge in [0.15, 0.2) is 0 Å². The summed E-state index contributed by atoms with van der Waals surface area (Å²) >= 11 is 0. The van der Waals surface area contributed by atoms with Gasteiger partial charge in [0.25, 0.3) is 0 Å². The monoisotopic (exact) mass is 241 g/mol. The molecule has 0 saturated heterocycles. The molecule has 0 aliphatic rings. The molecule has 6 heteroatoms. The maximum Gasteiger partial charge on any atom is 0.243 e. The van der Waals surface area contributed by atoms with Crippen molar-refractivity contribution >= 4 is 16.8 Å². The minimum absolute atomic E-state index is 0.107. The molecule has 0 atom stereocenters. The average molecular weight is 241 g/mol. The first-order chi connectivity index (χ1) is 8.81. The normalized spacial score (nSPS) is 10.7. The summed E-state index contributed by atoms with van der Waals surface area (Å²) in [5, 5.41) is 8.32. The van der Waals surface area contributed by atoms with Gasteiger partial charge in [-0.15, -0.1) is 10.2 Å². The third-order valence-corrected chi connectivity index (χ3v) is 2.65. The first-order valence-electron chi connectivity index (χ1n) is 5.52. The molecule has 1 aromatic carbocycles. The van der Waals surface area contributed by atoms with Crippen molar-refractivity contribution in [3.8, 4) is 0 Å². The Hall–Kier alpha value is -2.63. The molecule has 2 N–H and O–H groups in total. The Morgan fingerprint density at radius 1 is 1.28 bits per heavy atom. The van der Waals surface area contributed by atoms with Crippen LogP contribution in [0.5, 0.6) is 0 Å². The molecule has 3 rings (SSSR count). The number of nitrogens with one attached hydrogen (secondary N) is 2. The molecule has 2 heterocycles. The van der Waals surface area contributed by atoms with Crippen LogP contribution >= 0.6 is 0 Å². The van der Waals surface area contributed by atoms with Crippen molar-refractivity contribution in [3.63, 3.8) is 0 Å². The van der Waals surface area contributed by atoms with Gasteiger partial charge in [-0.05, 0) is 29.1 Å². The highest BCUT2D eigenvalue weighted by molar-refractivity contribution is 5.87.